The number of amides is 1. The summed E-state index contributed by atoms with van der Waals surface area (Å²) in [7, 11) is 1.28. The van der Waals surface area contributed by atoms with Gasteiger partial charge < -0.3 is 14.2 Å². The third-order valence-corrected chi connectivity index (χ3v) is 3.59. The SMILES string of the molecule is CCN(CC(=O)OC)C(=O)c1cc(-c2cccs2)on1. The minimum Gasteiger partial charge on any atom is -0.468 e. The fraction of sp³-hybridized carbons (Fsp3) is 0.308. The van der Waals surface area contributed by atoms with Crippen LogP contribution in [-0.2, 0) is 9.53 Å². The lowest BCUT2D eigenvalue weighted by Gasteiger charge is -2.17. The average Bonchev–Trinajstić information content (AvgIpc) is 3.13. The fourth-order valence-electron chi connectivity index (χ4n) is 1.62. The van der Waals surface area contributed by atoms with Gasteiger partial charge in [0.1, 0.15) is 6.54 Å². The predicted molar refractivity (Wildman–Crippen MR) is 73.4 cm³/mol. The summed E-state index contributed by atoms with van der Waals surface area (Å²) in [4.78, 5) is 25.7. The van der Waals surface area contributed by atoms with Crippen LogP contribution in [-0.4, -0.2) is 42.1 Å². The van der Waals surface area contributed by atoms with Gasteiger partial charge in [0.25, 0.3) is 5.91 Å². The normalized spacial score (nSPS) is 10.3. The smallest absolute Gasteiger partial charge is 0.325 e. The molecular formula is C13H14N2O4S. The number of thiophene rings is 1. The van der Waals surface area contributed by atoms with E-state index in [4.69, 9.17) is 4.52 Å². The molecule has 6 nitrogen and oxygen atoms in total. The van der Waals surface area contributed by atoms with Crippen LogP contribution >= 0.6 is 11.3 Å². The number of carbonyl (C=O) groups excluding carboxylic acids is 2. The standard InChI is InChI=1S/C13H14N2O4S/c1-3-15(8-12(16)18-2)13(17)9-7-10(19-14-9)11-5-4-6-20-11/h4-7H,3,8H2,1-2H3. The van der Waals surface area contributed by atoms with Crippen molar-refractivity contribution < 1.29 is 18.8 Å². The molecule has 0 atom stereocenters. The first-order chi connectivity index (χ1) is 9.65. The molecule has 2 heterocycles. The van der Waals surface area contributed by atoms with Crippen molar-refractivity contribution in [3.63, 3.8) is 0 Å². The van der Waals surface area contributed by atoms with Gasteiger partial charge in [-0.3, -0.25) is 9.59 Å². The number of rotatable bonds is 5. The van der Waals surface area contributed by atoms with Crippen molar-refractivity contribution in [1.29, 1.82) is 0 Å². The van der Waals surface area contributed by atoms with Crippen LogP contribution < -0.4 is 0 Å². The predicted octanol–water partition coefficient (Wildman–Crippen LogP) is 2.04. The Hall–Kier alpha value is -2.15. The zero-order chi connectivity index (χ0) is 14.5. The van der Waals surface area contributed by atoms with E-state index in [-0.39, 0.29) is 18.1 Å². The maximum absolute atomic E-state index is 12.2. The van der Waals surface area contributed by atoms with Crippen molar-refractivity contribution in [2.45, 2.75) is 6.92 Å². The van der Waals surface area contributed by atoms with Crippen LogP contribution in [0.4, 0.5) is 0 Å². The molecule has 0 saturated heterocycles. The number of methoxy groups -OCH3 is 1. The number of aromatic nitrogens is 1. The maximum Gasteiger partial charge on any atom is 0.325 e. The van der Waals surface area contributed by atoms with Crippen LogP contribution in [0.5, 0.6) is 0 Å². The number of carbonyl (C=O) groups is 2. The molecular weight excluding hydrogens is 280 g/mol. The maximum atomic E-state index is 12.2. The van der Waals surface area contributed by atoms with Crippen molar-refractivity contribution in [2.75, 3.05) is 20.2 Å². The van der Waals surface area contributed by atoms with Crippen LogP contribution in [0.25, 0.3) is 10.6 Å². The first-order valence-electron chi connectivity index (χ1n) is 6.02. The van der Waals surface area contributed by atoms with Crippen molar-refractivity contribution in [3.8, 4) is 10.6 Å². The highest BCUT2D eigenvalue weighted by Gasteiger charge is 2.21. The number of likely N-dealkylation sites (N-methyl/N-ethyl adjacent to an activating group) is 1. The van der Waals surface area contributed by atoms with E-state index in [1.54, 1.807) is 13.0 Å². The van der Waals surface area contributed by atoms with E-state index in [1.165, 1.54) is 23.3 Å². The van der Waals surface area contributed by atoms with E-state index >= 15 is 0 Å². The van der Waals surface area contributed by atoms with Crippen molar-refractivity contribution in [1.82, 2.24) is 10.1 Å². The summed E-state index contributed by atoms with van der Waals surface area (Å²) < 4.78 is 9.71. The largest absolute Gasteiger partial charge is 0.468 e. The number of esters is 1. The molecule has 0 aliphatic rings. The highest BCUT2D eigenvalue weighted by molar-refractivity contribution is 7.13. The quantitative estimate of drug-likeness (QED) is 0.789. The Morgan fingerprint density at radius 1 is 1.50 bits per heavy atom. The summed E-state index contributed by atoms with van der Waals surface area (Å²) in [6.45, 7) is 2.06. The molecule has 0 fully saturated rings. The summed E-state index contributed by atoms with van der Waals surface area (Å²) in [5, 5.41) is 5.67. The van der Waals surface area contributed by atoms with E-state index in [2.05, 4.69) is 9.89 Å². The Kier molecular flexibility index (Phi) is 4.52. The molecule has 0 unspecified atom stereocenters. The molecule has 2 aromatic rings. The number of ether oxygens (including phenoxy) is 1. The lowest BCUT2D eigenvalue weighted by molar-refractivity contribution is -0.141. The van der Waals surface area contributed by atoms with Gasteiger partial charge in [0.05, 0.1) is 12.0 Å². The van der Waals surface area contributed by atoms with Crippen molar-refractivity contribution in [3.05, 3.63) is 29.3 Å². The van der Waals surface area contributed by atoms with Crippen LogP contribution in [0.2, 0.25) is 0 Å². The molecule has 0 spiro atoms. The van der Waals surface area contributed by atoms with Gasteiger partial charge in [-0.25, -0.2) is 0 Å². The van der Waals surface area contributed by atoms with Gasteiger partial charge in [-0.15, -0.1) is 11.3 Å². The molecule has 0 aromatic carbocycles. The number of hydrogen-bond donors (Lipinski definition) is 0. The molecule has 7 heteroatoms. The molecule has 0 aliphatic carbocycles. The van der Waals surface area contributed by atoms with E-state index in [0.29, 0.717) is 12.3 Å². The zero-order valence-electron chi connectivity index (χ0n) is 11.2. The van der Waals surface area contributed by atoms with E-state index < -0.39 is 5.97 Å². The second-order valence-electron chi connectivity index (χ2n) is 3.95. The third kappa shape index (κ3) is 3.05. The van der Waals surface area contributed by atoms with Gasteiger partial charge in [0, 0.05) is 12.6 Å². The van der Waals surface area contributed by atoms with Crippen LogP contribution in [0.1, 0.15) is 17.4 Å². The Balaban J connectivity index is 2.14. The Labute approximate surface area is 119 Å². The Morgan fingerprint density at radius 2 is 2.30 bits per heavy atom. The van der Waals surface area contributed by atoms with Crippen molar-refractivity contribution in [2.24, 2.45) is 0 Å². The van der Waals surface area contributed by atoms with Gasteiger partial charge >= 0.3 is 5.97 Å². The van der Waals surface area contributed by atoms with E-state index in [9.17, 15) is 9.59 Å². The second-order valence-corrected chi connectivity index (χ2v) is 4.90. The fourth-order valence-corrected chi connectivity index (χ4v) is 2.29. The van der Waals surface area contributed by atoms with Gasteiger partial charge in [-0.1, -0.05) is 11.2 Å². The first kappa shape index (κ1) is 14.3. The lowest BCUT2D eigenvalue weighted by atomic mass is 10.3. The second kappa shape index (κ2) is 6.33. The number of nitrogens with zero attached hydrogens (tertiary/aromatic N) is 2. The van der Waals surface area contributed by atoms with E-state index in [0.717, 1.165) is 4.88 Å². The monoisotopic (exact) mass is 294 g/mol. The minimum atomic E-state index is -0.470. The van der Waals surface area contributed by atoms with Crippen molar-refractivity contribution >= 4 is 23.2 Å². The number of hydrogen-bond acceptors (Lipinski definition) is 6. The summed E-state index contributed by atoms with van der Waals surface area (Å²) in [6.07, 6.45) is 0. The summed E-state index contributed by atoms with van der Waals surface area (Å²) >= 11 is 1.50. The minimum absolute atomic E-state index is 0.104. The highest BCUT2D eigenvalue weighted by Crippen LogP contribution is 2.25. The lowest BCUT2D eigenvalue weighted by Crippen LogP contribution is -2.36. The molecule has 106 valence electrons. The molecule has 0 aliphatic heterocycles. The molecule has 0 saturated carbocycles. The third-order valence-electron chi connectivity index (χ3n) is 2.71. The van der Waals surface area contributed by atoms with Crippen LogP contribution in [0, 0.1) is 0 Å². The molecule has 20 heavy (non-hydrogen) atoms. The average molecular weight is 294 g/mol. The van der Waals surface area contributed by atoms with Gasteiger partial charge in [0.2, 0.25) is 0 Å². The van der Waals surface area contributed by atoms with Crippen LogP contribution in [0.15, 0.2) is 28.1 Å². The Bertz CT molecular complexity index is 591. The molecule has 0 bridgehead atoms. The molecule has 1 amide bonds. The molecule has 0 radical (unpaired) electrons. The molecule has 2 aromatic heterocycles. The zero-order valence-corrected chi connectivity index (χ0v) is 12.0. The highest BCUT2D eigenvalue weighted by atomic mass is 32.1. The van der Waals surface area contributed by atoms with E-state index in [1.807, 2.05) is 17.5 Å². The topological polar surface area (TPSA) is 72.6 Å². The van der Waals surface area contributed by atoms with Gasteiger partial charge in [-0.05, 0) is 18.4 Å². The van der Waals surface area contributed by atoms with Crippen LogP contribution in [0.3, 0.4) is 0 Å². The van der Waals surface area contributed by atoms with Gasteiger partial charge in [0.15, 0.2) is 11.5 Å². The summed E-state index contributed by atoms with van der Waals surface area (Å²) in [5.74, 6) is -0.288. The van der Waals surface area contributed by atoms with Gasteiger partial charge in [-0.2, -0.15) is 0 Å². The Morgan fingerprint density at radius 3 is 2.90 bits per heavy atom. The molecule has 0 N–H and O–H groups in total. The molecule has 2 rings (SSSR count). The first-order valence-corrected chi connectivity index (χ1v) is 6.90. The summed E-state index contributed by atoms with van der Waals surface area (Å²) in [5.41, 5.74) is 0.180. The summed E-state index contributed by atoms with van der Waals surface area (Å²) in [6, 6.07) is 5.35.